The van der Waals surface area contributed by atoms with Crippen molar-refractivity contribution in [2.75, 3.05) is 5.32 Å². The quantitative estimate of drug-likeness (QED) is 0.606. The molecule has 0 bridgehead atoms. The number of carbonyl (C=O) groups is 1. The highest BCUT2D eigenvalue weighted by Crippen LogP contribution is 2.20. The van der Waals surface area contributed by atoms with E-state index in [0.29, 0.717) is 11.4 Å². The molecule has 0 fully saturated rings. The summed E-state index contributed by atoms with van der Waals surface area (Å²) in [6.07, 6.45) is 3.18. The number of rotatable bonds is 3. The average Bonchev–Trinajstić information content (AvgIpc) is 3.26. The van der Waals surface area contributed by atoms with Gasteiger partial charge in [0, 0.05) is 17.4 Å². The Morgan fingerprint density at radius 3 is 2.92 bits per heavy atom. The van der Waals surface area contributed by atoms with Gasteiger partial charge in [0.25, 0.3) is 5.91 Å². The summed E-state index contributed by atoms with van der Waals surface area (Å²) in [6.45, 7) is 0. The van der Waals surface area contributed by atoms with Crippen LogP contribution >= 0.6 is 0 Å². The van der Waals surface area contributed by atoms with Crippen molar-refractivity contribution in [1.29, 1.82) is 0 Å². The van der Waals surface area contributed by atoms with E-state index in [0.717, 1.165) is 10.9 Å². The summed E-state index contributed by atoms with van der Waals surface area (Å²) < 4.78 is 15.4. The molecule has 2 aromatic carbocycles. The highest BCUT2D eigenvalue weighted by Gasteiger charge is 2.14. The minimum atomic E-state index is -0.620. The highest BCUT2D eigenvalue weighted by molar-refractivity contribution is 6.05. The van der Waals surface area contributed by atoms with E-state index in [1.165, 1.54) is 29.2 Å². The van der Waals surface area contributed by atoms with Crippen LogP contribution in [-0.4, -0.2) is 31.1 Å². The van der Waals surface area contributed by atoms with E-state index < -0.39 is 11.7 Å². The number of benzene rings is 2. The van der Waals surface area contributed by atoms with Gasteiger partial charge in [-0.15, -0.1) is 5.10 Å². The Morgan fingerprint density at radius 2 is 2.08 bits per heavy atom. The molecule has 0 spiro atoms. The Hall–Kier alpha value is -3.55. The summed E-state index contributed by atoms with van der Waals surface area (Å²) in [4.78, 5) is 15.5. The Kier molecular flexibility index (Phi) is 3.27. The number of carbonyl (C=O) groups excluding carboxylic acids is 1. The van der Waals surface area contributed by atoms with Crippen molar-refractivity contribution in [2.24, 2.45) is 0 Å². The van der Waals surface area contributed by atoms with Crippen LogP contribution in [0.2, 0.25) is 0 Å². The fourth-order valence-corrected chi connectivity index (χ4v) is 2.43. The maximum Gasteiger partial charge on any atom is 0.258 e. The largest absolute Gasteiger partial charge is 0.361 e. The second kappa shape index (κ2) is 5.58. The Balaban J connectivity index is 1.65. The first-order valence-electron chi connectivity index (χ1n) is 7.12. The number of hydrogen-bond donors (Lipinski definition) is 2. The lowest BCUT2D eigenvalue weighted by Gasteiger charge is -2.08. The lowest BCUT2D eigenvalue weighted by Crippen LogP contribution is -2.14. The Morgan fingerprint density at radius 1 is 1.17 bits per heavy atom. The molecule has 0 aliphatic heterocycles. The van der Waals surface area contributed by atoms with Crippen LogP contribution in [-0.2, 0) is 0 Å². The summed E-state index contributed by atoms with van der Waals surface area (Å²) in [5.74, 6) is -1.17. The smallest absolute Gasteiger partial charge is 0.258 e. The van der Waals surface area contributed by atoms with E-state index in [4.69, 9.17) is 0 Å². The van der Waals surface area contributed by atoms with Gasteiger partial charge in [-0.2, -0.15) is 0 Å². The molecule has 0 saturated carbocycles. The van der Waals surface area contributed by atoms with Crippen LogP contribution < -0.4 is 5.32 Å². The molecule has 0 saturated heterocycles. The number of tetrazole rings is 1. The van der Waals surface area contributed by atoms with Gasteiger partial charge in [0.15, 0.2) is 0 Å². The monoisotopic (exact) mass is 322 g/mol. The molecule has 24 heavy (non-hydrogen) atoms. The summed E-state index contributed by atoms with van der Waals surface area (Å²) in [5, 5.41) is 14.5. The van der Waals surface area contributed by atoms with Crippen molar-refractivity contribution in [1.82, 2.24) is 25.2 Å². The molecule has 4 rings (SSSR count). The first-order chi connectivity index (χ1) is 11.7. The number of amides is 1. The molecule has 0 unspecified atom stereocenters. The van der Waals surface area contributed by atoms with Crippen LogP contribution in [0.15, 0.2) is 55.0 Å². The first kappa shape index (κ1) is 14.1. The lowest BCUT2D eigenvalue weighted by molar-refractivity contribution is 0.102. The molecule has 1 amide bonds. The van der Waals surface area contributed by atoms with Crippen LogP contribution in [0.1, 0.15) is 10.4 Å². The van der Waals surface area contributed by atoms with Crippen molar-refractivity contribution in [3.63, 3.8) is 0 Å². The van der Waals surface area contributed by atoms with Gasteiger partial charge in [-0.1, -0.05) is 6.07 Å². The molecule has 7 nitrogen and oxygen atoms in total. The molecular formula is C16H11FN6O. The fourth-order valence-electron chi connectivity index (χ4n) is 2.43. The molecule has 0 radical (unpaired) electrons. The highest BCUT2D eigenvalue weighted by atomic mass is 19.1. The van der Waals surface area contributed by atoms with E-state index in [2.05, 4.69) is 25.8 Å². The number of aromatic nitrogens is 5. The van der Waals surface area contributed by atoms with Gasteiger partial charge in [-0.05, 0) is 52.2 Å². The Bertz CT molecular complexity index is 1020. The molecule has 2 N–H and O–H groups in total. The molecule has 0 aliphatic rings. The van der Waals surface area contributed by atoms with Crippen molar-refractivity contribution in [3.05, 3.63) is 66.4 Å². The normalized spacial score (nSPS) is 10.9. The molecule has 0 atom stereocenters. The van der Waals surface area contributed by atoms with Gasteiger partial charge >= 0.3 is 0 Å². The van der Waals surface area contributed by atoms with Crippen LogP contribution in [0.3, 0.4) is 0 Å². The summed E-state index contributed by atoms with van der Waals surface area (Å²) in [7, 11) is 0. The Labute approximate surface area is 135 Å². The van der Waals surface area contributed by atoms with Crippen molar-refractivity contribution < 1.29 is 9.18 Å². The zero-order valence-corrected chi connectivity index (χ0v) is 12.3. The second-order valence-corrected chi connectivity index (χ2v) is 5.15. The summed E-state index contributed by atoms with van der Waals surface area (Å²) in [6, 6.07) is 11.4. The van der Waals surface area contributed by atoms with Gasteiger partial charge < -0.3 is 10.3 Å². The molecule has 0 aliphatic carbocycles. The predicted molar refractivity (Wildman–Crippen MR) is 85.4 cm³/mol. The van der Waals surface area contributed by atoms with Gasteiger partial charge in [0.1, 0.15) is 12.1 Å². The molecule has 8 heteroatoms. The molecule has 2 heterocycles. The van der Waals surface area contributed by atoms with E-state index in [1.807, 2.05) is 18.3 Å². The van der Waals surface area contributed by atoms with Crippen LogP contribution in [0.4, 0.5) is 10.1 Å². The molecule has 2 aromatic heterocycles. The van der Waals surface area contributed by atoms with Crippen molar-refractivity contribution in [2.45, 2.75) is 0 Å². The maximum atomic E-state index is 14.0. The number of nitrogens with zero attached hydrogens (tertiary/aromatic N) is 4. The number of hydrogen-bond acceptors (Lipinski definition) is 4. The minimum Gasteiger partial charge on any atom is -0.361 e. The molecule has 4 aromatic rings. The maximum absolute atomic E-state index is 14.0. The zero-order valence-electron chi connectivity index (χ0n) is 12.3. The number of nitrogens with one attached hydrogen (secondary N) is 2. The van der Waals surface area contributed by atoms with E-state index in [1.54, 1.807) is 12.1 Å². The topological polar surface area (TPSA) is 88.5 Å². The van der Waals surface area contributed by atoms with Gasteiger partial charge in [-0.3, -0.25) is 4.79 Å². The van der Waals surface area contributed by atoms with Crippen molar-refractivity contribution >= 4 is 22.5 Å². The summed E-state index contributed by atoms with van der Waals surface area (Å²) >= 11 is 0. The predicted octanol–water partition coefficient (Wildman–Crippen LogP) is 2.54. The number of aromatic amines is 1. The third-order valence-electron chi connectivity index (χ3n) is 3.62. The standard InChI is InChI=1S/C16H11FN6O/c17-14-4-3-12(23-9-19-21-22-23)8-13(14)16(24)20-11-2-1-10-5-6-18-15(10)7-11/h1-9,18H,(H,20,24). The van der Waals surface area contributed by atoms with E-state index >= 15 is 0 Å². The van der Waals surface area contributed by atoms with Gasteiger partial charge in [0.2, 0.25) is 0 Å². The van der Waals surface area contributed by atoms with Crippen LogP contribution in [0, 0.1) is 5.82 Å². The van der Waals surface area contributed by atoms with Crippen LogP contribution in [0.5, 0.6) is 0 Å². The number of H-pyrrole nitrogens is 1. The number of fused-ring (bicyclic) bond motifs is 1. The number of anilines is 1. The second-order valence-electron chi connectivity index (χ2n) is 5.15. The lowest BCUT2D eigenvalue weighted by atomic mass is 10.1. The number of halogens is 1. The van der Waals surface area contributed by atoms with Gasteiger partial charge in [-0.25, -0.2) is 9.07 Å². The van der Waals surface area contributed by atoms with E-state index in [9.17, 15) is 9.18 Å². The summed E-state index contributed by atoms with van der Waals surface area (Å²) in [5.41, 5.74) is 1.86. The van der Waals surface area contributed by atoms with Crippen molar-refractivity contribution in [3.8, 4) is 5.69 Å². The fraction of sp³-hybridized carbons (Fsp3) is 0. The van der Waals surface area contributed by atoms with E-state index in [-0.39, 0.29) is 5.56 Å². The third-order valence-corrected chi connectivity index (χ3v) is 3.62. The van der Waals surface area contributed by atoms with Gasteiger partial charge in [0.05, 0.1) is 11.3 Å². The SMILES string of the molecule is O=C(Nc1ccc2cc[nH]c2c1)c1cc(-n2cnnn2)ccc1F. The minimum absolute atomic E-state index is 0.0883. The zero-order chi connectivity index (χ0) is 16.5. The van der Waals surface area contributed by atoms with Crippen LogP contribution in [0.25, 0.3) is 16.6 Å². The first-order valence-corrected chi connectivity index (χ1v) is 7.12. The average molecular weight is 322 g/mol. The molecular weight excluding hydrogens is 311 g/mol. The molecule has 118 valence electrons. The third kappa shape index (κ3) is 2.50.